The highest BCUT2D eigenvalue weighted by Crippen LogP contribution is 2.33. The molecule has 6 nitrogen and oxygen atoms in total. The van der Waals surface area contributed by atoms with Crippen molar-refractivity contribution in [2.75, 3.05) is 14.2 Å². The molecule has 154 valence electrons. The lowest BCUT2D eigenvalue weighted by molar-refractivity contribution is -0.129. The lowest BCUT2D eigenvalue weighted by Gasteiger charge is -2.16. The number of methoxy groups -OCH3 is 1. The molecule has 7 heteroatoms. The lowest BCUT2D eigenvalue weighted by Crippen LogP contribution is -2.27. The van der Waals surface area contributed by atoms with Gasteiger partial charge in [0.1, 0.15) is 11.6 Å². The molecule has 4 rings (SSSR count). The van der Waals surface area contributed by atoms with Gasteiger partial charge in [-0.05, 0) is 42.8 Å². The number of halogens is 1. The number of nitrogens with zero attached hydrogens (tertiary/aromatic N) is 2. The van der Waals surface area contributed by atoms with E-state index in [1.807, 2.05) is 31.2 Å². The normalized spacial score (nSPS) is 11.1. The van der Waals surface area contributed by atoms with Crippen LogP contribution in [-0.2, 0) is 17.8 Å². The summed E-state index contributed by atoms with van der Waals surface area (Å²) in [6.45, 7) is 2.14. The fraction of sp³-hybridized carbons (Fsp3) is 0.217. The molecule has 0 unspecified atom stereocenters. The molecule has 0 fully saturated rings. The summed E-state index contributed by atoms with van der Waals surface area (Å²) in [5.74, 6) is 0.852. The standard InChI is InChI=1S/C23H22FN3O3/c1-14-9-18(30-26-14)13-27(2)22(28)12-20-19-11-16(24)7-8-21(19)25-23(20)15-5-4-6-17(10-15)29-3/h4-11,25H,12-13H2,1-3H3. The minimum Gasteiger partial charge on any atom is -0.497 e. The molecular formula is C23H22FN3O3. The molecule has 0 bridgehead atoms. The average molecular weight is 407 g/mol. The highest BCUT2D eigenvalue weighted by atomic mass is 19.1. The summed E-state index contributed by atoms with van der Waals surface area (Å²) in [4.78, 5) is 17.9. The Kier molecular flexibility index (Phi) is 5.27. The number of nitrogens with one attached hydrogen (secondary N) is 1. The highest BCUT2D eigenvalue weighted by molar-refractivity contribution is 5.95. The van der Waals surface area contributed by atoms with Crippen LogP contribution in [0.4, 0.5) is 4.39 Å². The van der Waals surface area contributed by atoms with Crippen LogP contribution in [-0.4, -0.2) is 35.1 Å². The Morgan fingerprint density at radius 2 is 2.07 bits per heavy atom. The maximum atomic E-state index is 14.0. The minimum atomic E-state index is -0.349. The van der Waals surface area contributed by atoms with Crippen LogP contribution in [0.3, 0.4) is 0 Å². The molecule has 0 saturated carbocycles. The number of carbonyl (C=O) groups is 1. The van der Waals surface area contributed by atoms with Crippen molar-refractivity contribution in [2.24, 2.45) is 0 Å². The van der Waals surface area contributed by atoms with Crippen LogP contribution in [0.2, 0.25) is 0 Å². The van der Waals surface area contributed by atoms with Crippen molar-refractivity contribution in [2.45, 2.75) is 19.9 Å². The summed E-state index contributed by atoms with van der Waals surface area (Å²) < 4.78 is 24.5. The molecule has 2 aromatic carbocycles. The SMILES string of the molecule is COc1cccc(-c2[nH]c3ccc(F)cc3c2CC(=O)N(C)Cc2cc(C)no2)c1. The van der Waals surface area contributed by atoms with Gasteiger partial charge in [-0.2, -0.15) is 0 Å². The summed E-state index contributed by atoms with van der Waals surface area (Å²) in [7, 11) is 3.31. The zero-order chi connectivity index (χ0) is 21.3. The number of hydrogen-bond donors (Lipinski definition) is 1. The Balaban J connectivity index is 1.70. The summed E-state index contributed by atoms with van der Waals surface area (Å²) in [6, 6.07) is 13.9. The first-order valence-corrected chi connectivity index (χ1v) is 9.55. The van der Waals surface area contributed by atoms with Crippen molar-refractivity contribution >= 4 is 16.8 Å². The van der Waals surface area contributed by atoms with Crippen molar-refractivity contribution in [3.63, 3.8) is 0 Å². The van der Waals surface area contributed by atoms with Crippen molar-refractivity contribution in [3.05, 3.63) is 71.4 Å². The molecule has 1 amide bonds. The molecule has 0 aliphatic rings. The van der Waals surface area contributed by atoms with Gasteiger partial charge in [-0.3, -0.25) is 4.79 Å². The number of H-pyrrole nitrogens is 1. The van der Waals surface area contributed by atoms with Gasteiger partial charge >= 0.3 is 0 Å². The van der Waals surface area contributed by atoms with Crippen molar-refractivity contribution in [1.82, 2.24) is 15.0 Å². The van der Waals surface area contributed by atoms with Gasteiger partial charge in [0.05, 0.1) is 31.5 Å². The number of likely N-dealkylation sites (N-methyl/N-ethyl adjacent to an activating group) is 1. The first kappa shape index (κ1) is 19.7. The number of ether oxygens (including phenoxy) is 1. The van der Waals surface area contributed by atoms with E-state index < -0.39 is 0 Å². The van der Waals surface area contributed by atoms with Crippen molar-refractivity contribution in [3.8, 4) is 17.0 Å². The smallest absolute Gasteiger partial charge is 0.227 e. The molecule has 0 aliphatic heterocycles. The summed E-state index contributed by atoms with van der Waals surface area (Å²) in [6.07, 6.45) is 0.111. The molecule has 4 aromatic rings. The fourth-order valence-corrected chi connectivity index (χ4v) is 3.53. The van der Waals surface area contributed by atoms with Crippen LogP contribution < -0.4 is 4.74 Å². The monoisotopic (exact) mass is 407 g/mol. The largest absolute Gasteiger partial charge is 0.497 e. The first-order chi connectivity index (χ1) is 14.4. The average Bonchev–Trinajstić information content (AvgIpc) is 3.31. The minimum absolute atomic E-state index is 0.111. The van der Waals surface area contributed by atoms with Crippen LogP contribution in [0, 0.1) is 12.7 Å². The van der Waals surface area contributed by atoms with E-state index in [2.05, 4.69) is 10.1 Å². The molecule has 2 heterocycles. The number of aromatic nitrogens is 2. The third kappa shape index (κ3) is 3.91. The van der Waals surface area contributed by atoms with E-state index in [0.717, 1.165) is 28.0 Å². The molecule has 30 heavy (non-hydrogen) atoms. The number of hydrogen-bond acceptors (Lipinski definition) is 4. The van der Waals surface area contributed by atoms with Gasteiger partial charge in [-0.1, -0.05) is 17.3 Å². The maximum Gasteiger partial charge on any atom is 0.227 e. The first-order valence-electron chi connectivity index (χ1n) is 9.55. The molecule has 0 atom stereocenters. The van der Waals surface area contributed by atoms with Crippen molar-refractivity contribution in [1.29, 1.82) is 0 Å². The topological polar surface area (TPSA) is 71.4 Å². The molecule has 2 aromatic heterocycles. The molecule has 0 aliphatic carbocycles. The number of aryl methyl sites for hydroxylation is 1. The number of amides is 1. The Hall–Kier alpha value is -3.61. The Bertz CT molecular complexity index is 1210. The number of rotatable bonds is 6. The summed E-state index contributed by atoms with van der Waals surface area (Å²) >= 11 is 0. The third-order valence-corrected chi connectivity index (χ3v) is 5.05. The van der Waals surface area contributed by atoms with Crippen LogP contribution >= 0.6 is 0 Å². The van der Waals surface area contributed by atoms with E-state index in [0.29, 0.717) is 23.4 Å². The van der Waals surface area contributed by atoms with E-state index in [4.69, 9.17) is 9.26 Å². The third-order valence-electron chi connectivity index (χ3n) is 5.05. The van der Waals surface area contributed by atoms with E-state index in [1.165, 1.54) is 12.1 Å². The van der Waals surface area contributed by atoms with Gasteiger partial charge in [-0.25, -0.2) is 4.39 Å². The van der Waals surface area contributed by atoms with Crippen LogP contribution in [0.5, 0.6) is 5.75 Å². The zero-order valence-electron chi connectivity index (χ0n) is 17.0. The van der Waals surface area contributed by atoms with E-state index in [9.17, 15) is 9.18 Å². The second-order valence-electron chi connectivity index (χ2n) is 7.26. The summed E-state index contributed by atoms with van der Waals surface area (Å²) in [5, 5.41) is 4.54. The number of benzene rings is 2. The van der Waals surface area contributed by atoms with Crippen LogP contribution in [0.25, 0.3) is 22.2 Å². The Labute approximate surface area is 173 Å². The molecule has 0 saturated heterocycles. The van der Waals surface area contributed by atoms with E-state index in [-0.39, 0.29) is 18.1 Å². The Morgan fingerprint density at radius 1 is 1.23 bits per heavy atom. The lowest BCUT2D eigenvalue weighted by atomic mass is 10.0. The van der Waals surface area contributed by atoms with Crippen LogP contribution in [0.15, 0.2) is 53.1 Å². The van der Waals surface area contributed by atoms with Gasteiger partial charge < -0.3 is 19.1 Å². The van der Waals surface area contributed by atoms with E-state index >= 15 is 0 Å². The van der Waals surface area contributed by atoms with Crippen molar-refractivity contribution < 1.29 is 18.4 Å². The number of carbonyl (C=O) groups excluding carboxylic acids is 1. The van der Waals surface area contributed by atoms with Gasteiger partial charge in [0.25, 0.3) is 0 Å². The second kappa shape index (κ2) is 8.02. The Morgan fingerprint density at radius 3 is 2.80 bits per heavy atom. The predicted octanol–water partition coefficient (Wildman–Crippen LogP) is 4.48. The van der Waals surface area contributed by atoms with Crippen LogP contribution in [0.1, 0.15) is 17.0 Å². The number of fused-ring (bicyclic) bond motifs is 1. The fourth-order valence-electron chi connectivity index (χ4n) is 3.53. The van der Waals surface area contributed by atoms with Gasteiger partial charge in [0, 0.05) is 29.6 Å². The second-order valence-corrected chi connectivity index (χ2v) is 7.26. The highest BCUT2D eigenvalue weighted by Gasteiger charge is 2.20. The van der Waals surface area contributed by atoms with Gasteiger partial charge in [0.15, 0.2) is 5.76 Å². The zero-order valence-corrected chi connectivity index (χ0v) is 17.0. The predicted molar refractivity (Wildman–Crippen MR) is 112 cm³/mol. The molecule has 1 N–H and O–H groups in total. The molecule has 0 spiro atoms. The van der Waals surface area contributed by atoms with Gasteiger partial charge in [0.2, 0.25) is 5.91 Å². The van der Waals surface area contributed by atoms with E-state index in [1.54, 1.807) is 31.2 Å². The molecular weight excluding hydrogens is 385 g/mol. The summed E-state index contributed by atoms with van der Waals surface area (Å²) in [5.41, 5.74) is 3.90. The maximum absolute atomic E-state index is 14.0. The quantitative estimate of drug-likeness (QED) is 0.512. The molecule has 0 radical (unpaired) electrons. The number of aromatic amines is 1. The van der Waals surface area contributed by atoms with Gasteiger partial charge in [-0.15, -0.1) is 0 Å².